The number of benzene rings is 1. The molecule has 0 radical (unpaired) electrons. The van der Waals surface area contributed by atoms with Crippen LogP contribution in [-0.4, -0.2) is 25.5 Å². The first-order valence-corrected chi connectivity index (χ1v) is 8.42. The minimum absolute atomic E-state index is 0.0717. The molecule has 0 aliphatic heterocycles. The second-order valence-electron chi connectivity index (χ2n) is 5.05. The monoisotopic (exact) mass is 363 g/mol. The highest BCUT2D eigenvalue weighted by atomic mass is 79.9. The normalized spacial score (nSPS) is 13.4. The lowest BCUT2D eigenvalue weighted by atomic mass is 10.1. The fourth-order valence-corrected chi connectivity index (χ4v) is 3.77. The molecule has 0 fully saturated rings. The first kappa shape index (κ1) is 17.1. The molecule has 0 saturated carbocycles. The number of aliphatic carboxylic acids is 1. The van der Waals surface area contributed by atoms with Gasteiger partial charge in [0.2, 0.25) is 10.0 Å². The van der Waals surface area contributed by atoms with Crippen molar-refractivity contribution in [3.63, 3.8) is 0 Å². The molecule has 0 bridgehead atoms. The minimum atomic E-state index is -3.86. The van der Waals surface area contributed by atoms with Gasteiger partial charge in [-0.05, 0) is 37.0 Å². The van der Waals surface area contributed by atoms with Crippen LogP contribution in [0.3, 0.4) is 0 Å². The molecule has 1 rings (SSSR count). The molecule has 1 aromatic carbocycles. The van der Waals surface area contributed by atoms with Crippen LogP contribution in [0.2, 0.25) is 0 Å². The summed E-state index contributed by atoms with van der Waals surface area (Å²) in [7, 11) is -3.86. The predicted octanol–water partition coefficient (Wildman–Crippen LogP) is 2.54. The third-order valence-electron chi connectivity index (χ3n) is 2.74. The van der Waals surface area contributed by atoms with Crippen LogP contribution in [0.5, 0.6) is 0 Å². The Hall–Kier alpha value is -0.920. The minimum Gasteiger partial charge on any atom is -0.480 e. The van der Waals surface area contributed by atoms with Gasteiger partial charge in [0.15, 0.2) is 0 Å². The van der Waals surface area contributed by atoms with Gasteiger partial charge >= 0.3 is 5.97 Å². The number of aryl methyl sites for hydroxylation is 1. The number of hydrogen-bond donors (Lipinski definition) is 2. The fourth-order valence-electron chi connectivity index (χ4n) is 1.78. The molecule has 1 atom stereocenters. The number of nitrogens with one attached hydrogen (secondary N) is 1. The Kier molecular flexibility index (Phi) is 5.73. The van der Waals surface area contributed by atoms with Gasteiger partial charge in [0, 0.05) is 4.47 Å². The predicted molar refractivity (Wildman–Crippen MR) is 80.1 cm³/mol. The largest absolute Gasteiger partial charge is 0.480 e. The average Bonchev–Trinajstić information content (AvgIpc) is 2.30. The Labute approximate surface area is 127 Å². The van der Waals surface area contributed by atoms with Crippen LogP contribution in [0.1, 0.15) is 25.8 Å². The van der Waals surface area contributed by atoms with Gasteiger partial charge in [-0.1, -0.05) is 35.8 Å². The highest BCUT2D eigenvalue weighted by molar-refractivity contribution is 9.10. The molecule has 0 saturated heterocycles. The summed E-state index contributed by atoms with van der Waals surface area (Å²) in [5, 5.41) is 9.12. The lowest BCUT2D eigenvalue weighted by Gasteiger charge is -2.17. The lowest BCUT2D eigenvalue weighted by molar-refractivity contribution is -0.139. The maximum absolute atomic E-state index is 12.3. The summed E-state index contributed by atoms with van der Waals surface area (Å²) in [5.41, 5.74) is 0.564. The second kappa shape index (κ2) is 6.69. The van der Waals surface area contributed by atoms with Crippen molar-refractivity contribution in [2.45, 2.75) is 38.1 Å². The number of carboxylic acids is 1. The van der Waals surface area contributed by atoms with E-state index in [0.717, 1.165) is 0 Å². The molecule has 0 unspecified atom stereocenters. The molecule has 20 heavy (non-hydrogen) atoms. The number of hydrogen-bond acceptors (Lipinski definition) is 3. The maximum Gasteiger partial charge on any atom is 0.321 e. The average molecular weight is 364 g/mol. The second-order valence-corrected chi connectivity index (χ2v) is 7.65. The van der Waals surface area contributed by atoms with Crippen molar-refractivity contribution >= 4 is 31.9 Å². The van der Waals surface area contributed by atoms with E-state index in [0.29, 0.717) is 10.0 Å². The SMILES string of the molecule is Cc1ccc(Br)cc1S(=O)(=O)N[C@H](CC(C)C)C(=O)O. The van der Waals surface area contributed by atoms with E-state index in [9.17, 15) is 13.2 Å². The first-order valence-electron chi connectivity index (χ1n) is 6.14. The third-order valence-corrected chi connectivity index (χ3v) is 4.85. The highest BCUT2D eigenvalue weighted by Gasteiger charge is 2.27. The van der Waals surface area contributed by atoms with Gasteiger partial charge in [-0.3, -0.25) is 4.79 Å². The smallest absolute Gasteiger partial charge is 0.321 e. The molecule has 5 nitrogen and oxygen atoms in total. The number of sulfonamides is 1. The van der Waals surface area contributed by atoms with E-state index >= 15 is 0 Å². The summed E-state index contributed by atoms with van der Waals surface area (Å²) in [4.78, 5) is 11.2. The van der Waals surface area contributed by atoms with Gasteiger partial charge in [0.25, 0.3) is 0 Å². The maximum atomic E-state index is 12.3. The third kappa shape index (κ3) is 4.57. The number of carboxylic acid groups (broad SMARTS) is 1. The zero-order chi connectivity index (χ0) is 15.5. The van der Waals surface area contributed by atoms with Crippen molar-refractivity contribution in [2.75, 3.05) is 0 Å². The van der Waals surface area contributed by atoms with E-state index in [1.807, 2.05) is 13.8 Å². The number of rotatable bonds is 6. The quantitative estimate of drug-likeness (QED) is 0.813. The van der Waals surface area contributed by atoms with Gasteiger partial charge < -0.3 is 5.11 Å². The molecule has 2 N–H and O–H groups in total. The first-order chi connectivity index (χ1) is 9.13. The van der Waals surface area contributed by atoms with Gasteiger partial charge in [-0.25, -0.2) is 8.42 Å². The van der Waals surface area contributed by atoms with E-state index < -0.39 is 22.0 Å². The van der Waals surface area contributed by atoms with Crippen LogP contribution in [-0.2, 0) is 14.8 Å². The summed E-state index contributed by atoms with van der Waals surface area (Å²) in [5.74, 6) is -1.10. The van der Waals surface area contributed by atoms with Gasteiger partial charge in [0.05, 0.1) is 4.90 Å². The molecule has 0 heterocycles. The van der Waals surface area contributed by atoms with E-state index in [4.69, 9.17) is 5.11 Å². The Morgan fingerprint density at radius 2 is 2.00 bits per heavy atom. The van der Waals surface area contributed by atoms with Crippen LogP contribution in [0.4, 0.5) is 0 Å². The van der Waals surface area contributed by atoms with Crippen molar-refractivity contribution in [3.8, 4) is 0 Å². The zero-order valence-electron chi connectivity index (χ0n) is 11.6. The summed E-state index contributed by atoms with van der Waals surface area (Å²) in [6.07, 6.45) is 0.238. The van der Waals surface area contributed by atoms with E-state index in [1.54, 1.807) is 19.1 Å². The Bertz CT molecular complexity index is 598. The molecule has 112 valence electrons. The molecular formula is C13H18BrNO4S. The molecule has 0 spiro atoms. The summed E-state index contributed by atoms with van der Waals surface area (Å²) < 4.78 is 27.5. The van der Waals surface area contributed by atoms with Crippen molar-refractivity contribution in [1.29, 1.82) is 0 Å². The Morgan fingerprint density at radius 3 is 2.50 bits per heavy atom. The number of carbonyl (C=O) groups is 1. The fraction of sp³-hybridized carbons (Fsp3) is 0.462. The lowest BCUT2D eigenvalue weighted by Crippen LogP contribution is -2.41. The van der Waals surface area contributed by atoms with Crippen LogP contribution in [0, 0.1) is 12.8 Å². The zero-order valence-corrected chi connectivity index (χ0v) is 14.0. The summed E-state index contributed by atoms with van der Waals surface area (Å²) in [6, 6.07) is 3.73. The van der Waals surface area contributed by atoms with E-state index in [1.165, 1.54) is 6.07 Å². The van der Waals surface area contributed by atoms with E-state index in [-0.39, 0.29) is 17.2 Å². The van der Waals surface area contributed by atoms with Crippen molar-refractivity contribution in [1.82, 2.24) is 4.72 Å². The molecule has 0 amide bonds. The van der Waals surface area contributed by atoms with Crippen molar-refractivity contribution < 1.29 is 18.3 Å². The molecule has 1 aromatic rings. The Balaban J connectivity index is 3.09. The molecule has 0 aliphatic carbocycles. The molecule has 0 aromatic heterocycles. The van der Waals surface area contributed by atoms with Crippen molar-refractivity contribution in [3.05, 3.63) is 28.2 Å². The van der Waals surface area contributed by atoms with Gasteiger partial charge in [-0.2, -0.15) is 4.72 Å². The Morgan fingerprint density at radius 1 is 1.40 bits per heavy atom. The summed E-state index contributed by atoms with van der Waals surface area (Å²) in [6.45, 7) is 5.35. The topological polar surface area (TPSA) is 83.5 Å². The van der Waals surface area contributed by atoms with Crippen molar-refractivity contribution in [2.24, 2.45) is 5.92 Å². The van der Waals surface area contributed by atoms with Crippen LogP contribution >= 0.6 is 15.9 Å². The van der Waals surface area contributed by atoms with Gasteiger partial charge in [0.1, 0.15) is 6.04 Å². The van der Waals surface area contributed by atoms with Gasteiger partial charge in [-0.15, -0.1) is 0 Å². The van der Waals surface area contributed by atoms with Crippen LogP contribution < -0.4 is 4.72 Å². The number of halogens is 1. The summed E-state index contributed by atoms with van der Waals surface area (Å²) >= 11 is 3.22. The molecule has 7 heteroatoms. The van der Waals surface area contributed by atoms with E-state index in [2.05, 4.69) is 20.7 Å². The molecule has 0 aliphatic rings. The highest BCUT2D eigenvalue weighted by Crippen LogP contribution is 2.21. The molecular weight excluding hydrogens is 346 g/mol. The van der Waals surface area contributed by atoms with Crippen LogP contribution in [0.25, 0.3) is 0 Å². The standard InChI is InChI=1S/C13H18BrNO4S/c1-8(2)6-11(13(16)17)15-20(18,19)12-7-10(14)5-4-9(12)3/h4-5,7-8,11,15H,6H2,1-3H3,(H,16,17)/t11-/m1/s1. The van der Waals surface area contributed by atoms with Crippen LogP contribution in [0.15, 0.2) is 27.6 Å².